The van der Waals surface area contributed by atoms with Gasteiger partial charge in [-0.05, 0) is 37.1 Å². The zero-order chi connectivity index (χ0) is 16.8. The molecule has 1 heterocycles. The van der Waals surface area contributed by atoms with E-state index in [2.05, 4.69) is 16.3 Å². The number of nitrogens with zero attached hydrogens (tertiary/aromatic N) is 2. The van der Waals surface area contributed by atoms with Gasteiger partial charge in [-0.15, -0.1) is 4.36 Å². The molecule has 1 atom stereocenters. The quantitative estimate of drug-likeness (QED) is 0.789. The van der Waals surface area contributed by atoms with E-state index in [1.165, 1.54) is 0 Å². The summed E-state index contributed by atoms with van der Waals surface area (Å²) in [5, 5.41) is 0. The van der Waals surface area contributed by atoms with Gasteiger partial charge in [0, 0.05) is 18.7 Å². The summed E-state index contributed by atoms with van der Waals surface area (Å²) >= 11 is 0. The van der Waals surface area contributed by atoms with E-state index in [4.69, 9.17) is 4.74 Å². The molecule has 0 bridgehead atoms. The molecule has 3 rings (SSSR count). The van der Waals surface area contributed by atoms with Crippen LogP contribution in [0.4, 0.5) is 0 Å². The zero-order valence-corrected chi connectivity index (χ0v) is 14.5. The summed E-state index contributed by atoms with van der Waals surface area (Å²) in [7, 11) is -2.75. The van der Waals surface area contributed by atoms with Gasteiger partial charge in [-0.1, -0.05) is 35.9 Å². The third-order valence-electron chi connectivity index (χ3n) is 3.79. The first-order chi connectivity index (χ1) is 11.7. The summed E-state index contributed by atoms with van der Waals surface area (Å²) in [6, 6.07) is 20.0. The molecule has 0 amide bonds. The maximum atomic E-state index is 13.6. The van der Waals surface area contributed by atoms with Crippen molar-refractivity contribution in [3.63, 3.8) is 0 Å². The van der Waals surface area contributed by atoms with Gasteiger partial charge in [-0.3, -0.25) is 0 Å². The lowest BCUT2D eigenvalue weighted by atomic mass is 10.2. The number of hydrogen-bond donors (Lipinski definition) is 0. The van der Waals surface area contributed by atoms with Crippen LogP contribution in [0.1, 0.15) is 11.1 Å². The SMILES string of the molecule is Cc1ccc(S(=O)(=NC#Cc2ccccc2)N2CCOCC2)cc1. The Kier molecular flexibility index (Phi) is 5.31. The van der Waals surface area contributed by atoms with E-state index in [0.29, 0.717) is 31.2 Å². The molecule has 0 N–H and O–H groups in total. The van der Waals surface area contributed by atoms with E-state index in [1.54, 1.807) is 0 Å². The van der Waals surface area contributed by atoms with Gasteiger partial charge in [-0.25, -0.2) is 8.51 Å². The average Bonchev–Trinajstić information content (AvgIpc) is 2.64. The fourth-order valence-corrected chi connectivity index (χ4v) is 4.26. The number of ether oxygens (including phenoxy) is 1. The molecule has 1 aliphatic rings. The Morgan fingerprint density at radius 2 is 1.71 bits per heavy atom. The minimum absolute atomic E-state index is 0.560. The maximum absolute atomic E-state index is 13.6. The minimum atomic E-state index is -2.75. The van der Waals surface area contributed by atoms with Gasteiger partial charge in [0.05, 0.1) is 24.2 Å². The van der Waals surface area contributed by atoms with E-state index >= 15 is 0 Å². The Morgan fingerprint density at radius 1 is 1.04 bits per heavy atom. The molecule has 5 heteroatoms. The zero-order valence-electron chi connectivity index (χ0n) is 13.6. The number of morpholine rings is 1. The van der Waals surface area contributed by atoms with Crippen molar-refractivity contribution in [2.75, 3.05) is 26.3 Å². The summed E-state index contributed by atoms with van der Waals surface area (Å²) in [6.07, 6.45) is 0. The van der Waals surface area contributed by atoms with Gasteiger partial charge < -0.3 is 4.74 Å². The van der Waals surface area contributed by atoms with Crippen LogP contribution in [0.3, 0.4) is 0 Å². The van der Waals surface area contributed by atoms with Gasteiger partial charge in [0.1, 0.15) is 0 Å². The summed E-state index contributed by atoms with van der Waals surface area (Å²) in [5.74, 6) is 2.97. The number of benzene rings is 2. The molecule has 0 saturated carbocycles. The van der Waals surface area contributed by atoms with Crippen molar-refractivity contribution in [2.24, 2.45) is 4.36 Å². The number of rotatable bonds is 2. The Bertz CT molecular complexity index is 852. The summed E-state index contributed by atoms with van der Waals surface area (Å²) < 4.78 is 25.2. The van der Waals surface area contributed by atoms with E-state index < -0.39 is 9.92 Å². The predicted octanol–water partition coefficient (Wildman–Crippen LogP) is 3.08. The first-order valence-electron chi connectivity index (χ1n) is 7.90. The molecular formula is C19H20N2O2S. The summed E-state index contributed by atoms with van der Waals surface area (Å²) in [5.41, 5.74) is 1.98. The molecule has 2 aromatic carbocycles. The first kappa shape index (κ1) is 16.7. The van der Waals surface area contributed by atoms with E-state index in [1.807, 2.05) is 65.8 Å². The molecule has 124 valence electrons. The number of hydrogen-bond acceptors (Lipinski definition) is 3. The highest BCUT2D eigenvalue weighted by molar-refractivity contribution is 7.91. The Morgan fingerprint density at radius 3 is 2.38 bits per heavy atom. The summed E-state index contributed by atoms with van der Waals surface area (Å²) in [6.45, 7) is 4.30. The van der Waals surface area contributed by atoms with Crippen LogP contribution in [0.2, 0.25) is 0 Å². The molecule has 0 radical (unpaired) electrons. The molecule has 2 aromatic rings. The molecule has 1 saturated heterocycles. The van der Waals surface area contributed by atoms with Crippen LogP contribution in [-0.4, -0.2) is 34.8 Å². The highest BCUT2D eigenvalue weighted by Gasteiger charge is 2.24. The second-order valence-electron chi connectivity index (χ2n) is 5.55. The highest BCUT2D eigenvalue weighted by Crippen LogP contribution is 2.20. The van der Waals surface area contributed by atoms with Crippen molar-refractivity contribution in [1.29, 1.82) is 0 Å². The molecule has 1 unspecified atom stereocenters. The van der Waals surface area contributed by atoms with Crippen LogP contribution in [0.5, 0.6) is 0 Å². The van der Waals surface area contributed by atoms with Crippen LogP contribution in [0.25, 0.3) is 0 Å². The van der Waals surface area contributed by atoms with Crippen LogP contribution in [0.15, 0.2) is 63.9 Å². The van der Waals surface area contributed by atoms with Gasteiger partial charge >= 0.3 is 0 Å². The van der Waals surface area contributed by atoms with Gasteiger partial charge in [-0.2, -0.15) is 0 Å². The fraction of sp³-hybridized carbons (Fsp3) is 0.263. The third kappa shape index (κ3) is 3.85. The van der Waals surface area contributed by atoms with Crippen molar-refractivity contribution >= 4 is 9.92 Å². The normalized spacial score (nSPS) is 17.4. The Balaban J connectivity index is 2.01. The van der Waals surface area contributed by atoms with Crippen LogP contribution in [-0.2, 0) is 14.7 Å². The van der Waals surface area contributed by atoms with Crippen LogP contribution >= 0.6 is 0 Å². The first-order valence-corrected chi connectivity index (χ1v) is 9.37. The van der Waals surface area contributed by atoms with Crippen molar-refractivity contribution < 1.29 is 8.95 Å². The van der Waals surface area contributed by atoms with Crippen LogP contribution in [0, 0.1) is 18.9 Å². The molecule has 0 aliphatic carbocycles. The second-order valence-corrected chi connectivity index (χ2v) is 7.71. The van der Waals surface area contributed by atoms with Crippen molar-refractivity contribution in [3.05, 3.63) is 65.7 Å². The number of aryl methyl sites for hydroxylation is 1. The van der Waals surface area contributed by atoms with E-state index in [0.717, 1.165) is 11.1 Å². The monoisotopic (exact) mass is 340 g/mol. The largest absolute Gasteiger partial charge is 0.379 e. The molecule has 1 fully saturated rings. The smallest absolute Gasteiger partial charge is 0.152 e. The van der Waals surface area contributed by atoms with Crippen molar-refractivity contribution in [1.82, 2.24) is 4.31 Å². The van der Waals surface area contributed by atoms with Gasteiger partial charge in [0.2, 0.25) is 0 Å². The van der Waals surface area contributed by atoms with Crippen LogP contribution < -0.4 is 0 Å². The lowest BCUT2D eigenvalue weighted by Gasteiger charge is -2.28. The van der Waals surface area contributed by atoms with Crippen molar-refractivity contribution in [2.45, 2.75) is 11.8 Å². The lowest BCUT2D eigenvalue weighted by Crippen LogP contribution is -2.40. The Hall–Kier alpha value is -2.13. The van der Waals surface area contributed by atoms with Gasteiger partial charge in [0.15, 0.2) is 9.92 Å². The molecule has 24 heavy (non-hydrogen) atoms. The third-order valence-corrected chi connectivity index (χ3v) is 6.08. The standard InChI is InChI=1S/C19H20N2O2S/c1-17-7-9-19(10-8-17)24(22,21-13-15-23-16-14-21)20-12-11-18-5-3-2-4-6-18/h2-10H,13-16H2,1H3. The molecule has 0 spiro atoms. The Labute approximate surface area is 143 Å². The maximum Gasteiger partial charge on any atom is 0.152 e. The van der Waals surface area contributed by atoms with E-state index in [-0.39, 0.29) is 0 Å². The minimum Gasteiger partial charge on any atom is -0.379 e. The van der Waals surface area contributed by atoms with E-state index in [9.17, 15) is 4.21 Å². The van der Waals surface area contributed by atoms with Gasteiger partial charge in [0.25, 0.3) is 0 Å². The topological polar surface area (TPSA) is 41.9 Å². The molecule has 0 aromatic heterocycles. The highest BCUT2D eigenvalue weighted by atomic mass is 32.2. The molecular weight excluding hydrogens is 320 g/mol. The fourth-order valence-electron chi connectivity index (χ4n) is 2.44. The molecule has 4 nitrogen and oxygen atoms in total. The predicted molar refractivity (Wildman–Crippen MR) is 95.7 cm³/mol. The van der Waals surface area contributed by atoms with Crippen molar-refractivity contribution in [3.8, 4) is 12.0 Å². The average molecular weight is 340 g/mol. The lowest BCUT2D eigenvalue weighted by molar-refractivity contribution is 0.0745. The summed E-state index contributed by atoms with van der Waals surface area (Å²) in [4.78, 5) is 0.692. The molecule has 1 aliphatic heterocycles. The second kappa shape index (κ2) is 7.63.